The SMILES string of the molecule is CCNC(=O)C(C)Nc1cc(C(N)=O)c(N)cc1F. The van der Waals surface area contributed by atoms with Gasteiger partial charge in [-0.2, -0.15) is 0 Å². The Balaban J connectivity index is 2.98. The summed E-state index contributed by atoms with van der Waals surface area (Å²) < 4.78 is 13.7. The van der Waals surface area contributed by atoms with E-state index in [1.165, 1.54) is 6.07 Å². The van der Waals surface area contributed by atoms with Crippen LogP contribution in [0.3, 0.4) is 0 Å². The van der Waals surface area contributed by atoms with Crippen LogP contribution in [-0.2, 0) is 4.79 Å². The van der Waals surface area contributed by atoms with E-state index in [9.17, 15) is 14.0 Å². The van der Waals surface area contributed by atoms with Gasteiger partial charge in [-0.1, -0.05) is 0 Å². The number of halogens is 1. The normalized spacial score (nSPS) is 11.7. The van der Waals surface area contributed by atoms with Gasteiger partial charge in [0.05, 0.1) is 11.3 Å². The Morgan fingerprint density at radius 2 is 2.05 bits per heavy atom. The van der Waals surface area contributed by atoms with Crippen LogP contribution in [0.25, 0.3) is 0 Å². The number of hydrogen-bond acceptors (Lipinski definition) is 4. The molecule has 0 radical (unpaired) electrons. The minimum Gasteiger partial charge on any atom is -0.398 e. The fourth-order valence-electron chi connectivity index (χ4n) is 1.54. The molecule has 0 aromatic heterocycles. The van der Waals surface area contributed by atoms with Crippen molar-refractivity contribution >= 4 is 23.2 Å². The minimum absolute atomic E-state index is 0.00162. The average Bonchev–Trinajstić information content (AvgIpc) is 2.32. The van der Waals surface area contributed by atoms with Crippen molar-refractivity contribution in [2.75, 3.05) is 17.6 Å². The molecular formula is C12H17FN4O2. The molecule has 6 nitrogen and oxygen atoms in total. The first-order valence-electron chi connectivity index (χ1n) is 5.79. The summed E-state index contributed by atoms with van der Waals surface area (Å²) in [7, 11) is 0. The van der Waals surface area contributed by atoms with Crippen LogP contribution in [0.1, 0.15) is 24.2 Å². The molecule has 2 amide bonds. The molecule has 1 aromatic carbocycles. The molecule has 1 rings (SSSR count). The zero-order valence-corrected chi connectivity index (χ0v) is 10.8. The largest absolute Gasteiger partial charge is 0.398 e. The summed E-state index contributed by atoms with van der Waals surface area (Å²) in [5.41, 5.74) is 10.6. The lowest BCUT2D eigenvalue weighted by Gasteiger charge is -2.16. The van der Waals surface area contributed by atoms with Crippen LogP contribution < -0.4 is 22.1 Å². The fourth-order valence-corrected chi connectivity index (χ4v) is 1.54. The third kappa shape index (κ3) is 3.57. The van der Waals surface area contributed by atoms with E-state index in [-0.39, 0.29) is 22.8 Å². The minimum atomic E-state index is -0.758. The van der Waals surface area contributed by atoms with Gasteiger partial charge in [0.15, 0.2) is 0 Å². The van der Waals surface area contributed by atoms with E-state index in [0.717, 1.165) is 6.07 Å². The van der Waals surface area contributed by atoms with Gasteiger partial charge < -0.3 is 22.1 Å². The number of carbonyl (C=O) groups is 2. The maximum Gasteiger partial charge on any atom is 0.250 e. The first kappa shape index (κ1) is 14.7. The predicted molar refractivity (Wildman–Crippen MR) is 71.1 cm³/mol. The maximum absolute atomic E-state index is 13.7. The average molecular weight is 268 g/mol. The summed E-state index contributed by atoms with van der Waals surface area (Å²) in [6, 6.07) is 1.54. The highest BCUT2D eigenvalue weighted by molar-refractivity contribution is 5.99. The Kier molecular flexibility index (Phi) is 4.68. The summed E-state index contributed by atoms with van der Waals surface area (Å²) in [5.74, 6) is -1.69. The van der Waals surface area contributed by atoms with E-state index in [1.807, 2.05) is 0 Å². The molecule has 104 valence electrons. The lowest BCUT2D eigenvalue weighted by atomic mass is 10.1. The van der Waals surface area contributed by atoms with E-state index in [4.69, 9.17) is 11.5 Å². The number of rotatable bonds is 5. The summed E-state index contributed by atoms with van der Waals surface area (Å²) in [4.78, 5) is 22.7. The van der Waals surface area contributed by atoms with Crippen LogP contribution in [0.5, 0.6) is 0 Å². The van der Waals surface area contributed by atoms with E-state index >= 15 is 0 Å². The van der Waals surface area contributed by atoms with Crippen molar-refractivity contribution in [3.8, 4) is 0 Å². The molecule has 19 heavy (non-hydrogen) atoms. The summed E-state index contributed by atoms with van der Waals surface area (Å²) in [6.45, 7) is 3.83. The van der Waals surface area contributed by atoms with Crippen LogP contribution in [0.4, 0.5) is 15.8 Å². The second kappa shape index (κ2) is 6.03. The van der Waals surface area contributed by atoms with Gasteiger partial charge in [-0.05, 0) is 26.0 Å². The highest BCUT2D eigenvalue weighted by Crippen LogP contribution is 2.22. The molecular weight excluding hydrogens is 251 g/mol. The number of hydrogen-bond donors (Lipinski definition) is 4. The van der Waals surface area contributed by atoms with E-state index in [2.05, 4.69) is 10.6 Å². The zero-order chi connectivity index (χ0) is 14.6. The second-order valence-corrected chi connectivity index (χ2v) is 4.04. The smallest absolute Gasteiger partial charge is 0.250 e. The van der Waals surface area contributed by atoms with Crippen molar-refractivity contribution in [1.82, 2.24) is 5.32 Å². The van der Waals surface area contributed by atoms with Gasteiger partial charge in [-0.15, -0.1) is 0 Å². The van der Waals surface area contributed by atoms with E-state index in [1.54, 1.807) is 13.8 Å². The Morgan fingerprint density at radius 3 is 2.58 bits per heavy atom. The quantitative estimate of drug-likeness (QED) is 0.581. The van der Waals surface area contributed by atoms with Crippen LogP contribution in [-0.4, -0.2) is 24.4 Å². The van der Waals surface area contributed by atoms with Gasteiger partial charge in [-0.25, -0.2) is 4.39 Å². The molecule has 0 aliphatic carbocycles. The van der Waals surface area contributed by atoms with Crippen molar-refractivity contribution in [2.24, 2.45) is 5.73 Å². The van der Waals surface area contributed by atoms with Crippen LogP contribution in [0.15, 0.2) is 12.1 Å². The van der Waals surface area contributed by atoms with Gasteiger partial charge in [-0.3, -0.25) is 9.59 Å². The van der Waals surface area contributed by atoms with Crippen molar-refractivity contribution in [2.45, 2.75) is 19.9 Å². The first-order chi connectivity index (χ1) is 8.86. The summed E-state index contributed by atoms with van der Waals surface area (Å²) >= 11 is 0. The van der Waals surface area contributed by atoms with Gasteiger partial charge >= 0.3 is 0 Å². The number of benzene rings is 1. The number of primary amides is 1. The summed E-state index contributed by atoms with van der Waals surface area (Å²) in [5, 5.41) is 5.26. The molecule has 0 bridgehead atoms. The third-order valence-corrected chi connectivity index (χ3v) is 2.52. The van der Waals surface area contributed by atoms with Crippen LogP contribution in [0.2, 0.25) is 0 Å². The van der Waals surface area contributed by atoms with Crippen molar-refractivity contribution < 1.29 is 14.0 Å². The first-order valence-corrected chi connectivity index (χ1v) is 5.79. The number of amides is 2. The maximum atomic E-state index is 13.7. The summed E-state index contributed by atoms with van der Waals surface area (Å²) in [6.07, 6.45) is 0. The number of nitrogen functional groups attached to an aromatic ring is 1. The number of carbonyl (C=O) groups excluding carboxylic acids is 2. The predicted octanol–water partition coefficient (Wildman–Crippen LogP) is 0.443. The number of nitrogens with two attached hydrogens (primary N) is 2. The molecule has 0 aliphatic heterocycles. The molecule has 1 aromatic rings. The number of likely N-dealkylation sites (N-methyl/N-ethyl adjacent to an activating group) is 1. The molecule has 0 fully saturated rings. The molecule has 0 spiro atoms. The monoisotopic (exact) mass is 268 g/mol. The van der Waals surface area contributed by atoms with E-state index < -0.39 is 17.8 Å². The van der Waals surface area contributed by atoms with Crippen molar-refractivity contribution in [1.29, 1.82) is 0 Å². The molecule has 0 heterocycles. The fraction of sp³-hybridized carbons (Fsp3) is 0.333. The van der Waals surface area contributed by atoms with Gasteiger partial charge in [0.25, 0.3) is 5.91 Å². The molecule has 6 N–H and O–H groups in total. The molecule has 1 unspecified atom stereocenters. The molecule has 0 saturated heterocycles. The van der Waals surface area contributed by atoms with Crippen LogP contribution >= 0.6 is 0 Å². The van der Waals surface area contributed by atoms with E-state index in [0.29, 0.717) is 6.54 Å². The highest BCUT2D eigenvalue weighted by atomic mass is 19.1. The standard InChI is InChI=1S/C12H17FN4O2/c1-3-16-12(19)6(2)17-10-4-7(11(15)18)9(14)5-8(10)13/h4-6,17H,3,14H2,1-2H3,(H2,15,18)(H,16,19). The number of nitrogens with one attached hydrogen (secondary N) is 2. The van der Waals surface area contributed by atoms with Gasteiger partial charge in [0.2, 0.25) is 5.91 Å². The topological polar surface area (TPSA) is 110 Å². The van der Waals surface area contributed by atoms with Gasteiger partial charge in [0, 0.05) is 12.2 Å². The highest BCUT2D eigenvalue weighted by Gasteiger charge is 2.16. The zero-order valence-electron chi connectivity index (χ0n) is 10.8. The third-order valence-electron chi connectivity index (χ3n) is 2.52. The second-order valence-electron chi connectivity index (χ2n) is 4.04. The van der Waals surface area contributed by atoms with Crippen molar-refractivity contribution in [3.63, 3.8) is 0 Å². The molecule has 7 heteroatoms. The van der Waals surface area contributed by atoms with Gasteiger partial charge in [0.1, 0.15) is 11.9 Å². The van der Waals surface area contributed by atoms with Crippen LogP contribution in [0, 0.1) is 5.82 Å². The molecule has 0 saturated carbocycles. The Morgan fingerprint density at radius 1 is 1.42 bits per heavy atom. The van der Waals surface area contributed by atoms with Crippen molar-refractivity contribution in [3.05, 3.63) is 23.5 Å². The molecule has 1 atom stereocenters. The number of anilines is 2. The lowest BCUT2D eigenvalue weighted by molar-refractivity contribution is -0.121. The lowest BCUT2D eigenvalue weighted by Crippen LogP contribution is -2.37. The Labute approximate surface area is 110 Å². The Hall–Kier alpha value is -2.31. The molecule has 0 aliphatic rings. The Bertz CT molecular complexity index is 505.